The Labute approximate surface area is 120 Å². The molecule has 1 amide bonds. The first-order valence-corrected chi connectivity index (χ1v) is 6.07. The van der Waals surface area contributed by atoms with E-state index in [-0.39, 0.29) is 22.0 Å². The Morgan fingerprint density at radius 1 is 1.45 bits per heavy atom. The number of benzene rings is 1. The monoisotopic (exact) mass is 289 g/mol. The molecule has 5 nitrogen and oxygen atoms in total. The number of nitrogens with zero attached hydrogens (tertiary/aromatic N) is 2. The number of hydrogen-bond acceptors (Lipinski definition) is 5. The lowest BCUT2D eigenvalue weighted by molar-refractivity contribution is -0.114. The lowest BCUT2D eigenvalue weighted by atomic mass is 9.79. The zero-order valence-corrected chi connectivity index (χ0v) is 11.0. The van der Waals surface area contributed by atoms with Crippen LogP contribution in [-0.4, -0.2) is 11.7 Å². The van der Waals surface area contributed by atoms with Gasteiger partial charge in [-0.15, -0.1) is 0 Å². The van der Waals surface area contributed by atoms with E-state index in [9.17, 15) is 14.4 Å². The van der Waals surface area contributed by atoms with E-state index in [1.807, 2.05) is 6.07 Å². The molecular formula is C13H10FN4OS-. The van der Waals surface area contributed by atoms with Gasteiger partial charge in [0.1, 0.15) is 17.6 Å². The number of carbonyl (C=O) groups excluding carboxylic acids is 1. The molecule has 0 aromatic heterocycles. The average molecular weight is 289 g/mol. The topological polar surface area (TPSA) is 105 Å². The van der Waals surface area contributed by atoms with E-state index in [1.165, 1.54) is 18.2 Å². The van der Waals surface area contributed by atoms with Crippen LogP contribution in [0.4, 0.5) is 4.39 Å². The maximum Gasteiger partial charge on any atom is 0.245 e. The Balaban J connectivity index is 2.69. The highest BCUT2D eigenvalue weighted by Crippen LogP contribution is 2.38. The number of carbonyl (C=O) groups is 1. The number of nitrogens with two attached hydrogens (primary N) is 2. The maximum absolute atomic E-state index is 14.0. The van der Waals surface area contributed by atoms with Crippen molar-refractivity contribution in [3.63, 3.8) is 0 Å². The summed E-state index contributed by atoms with van der Waals surface area (Å²) in [6.07, 6.45) is 0. The number of amides is 1. The van der Waals surface area contributed by atoms with Crippen molar-refractivity contribution in [2.45, 2.75) is 5.92 Å². The first-order valence-electron chi connectivity index (χ1n) is 5.66. The average Bonchev–Trinajstić information content (AvgIpc) is 2.38. The van der Waals surface area contributed by atoms with Gasteiger partial charge < -0.3 is 24.1 Å². The van der Waals surface area contributed by atoms with Crippen LogP contribution in [0, 0.1) is 23.1 Å². The van der Waals surface area contributed by atoms with Crippen molar-refractivity contribution in [3.05, 3.63) is 46.2 Å². The predicted octanol–water partition coefficient (Wildman–Crippen LogP) is 0.664. The highest BCUT2D eigenvalue weighted by molar-refractivity contribution is 7.63. The quantitative estimate of drug-likeness (QED) is 0.780. The van der Waals surface area contributed by atoms with Crippen LogP contribution in [0.1, 0.15) is 11.5 Å². The van der Waals surface area contributed by atoms with Crippen LogP contribution < -0.4 is 11.5 Å². The summed E-state index contributed by atoms with van der Waals surface area (Å²) in [4.78, 5) is 15.4. The Morgan fingerprint density at radius 2 is 2.10 bits per heavy atom. The van der Waals surface area contributed by atoms with E-state index >= 15 is 0 Å². The number of primary amides is 1. The zero-order valence-electron chi connectivity index (χ0n) is 10.2. The molecule has 1 aliphatic heterocycles. The molecular weight excluding hydrogens is 279 g/mol. The lowest BCUT2D eigenvalue weighted by Gasteiger charge is -2.31. The largest absolute Gasteiger partial charge is 0.760 e. The summed E-state index contributed by atoms with van der Waals surface area (Å²) >= 11 is 4.96. The molecule has 0 aliphatic carbocycles. The maximum atomic E-state index is 14.0. The fraction of sp³-hybridized carbons (Fsp3) is 0.154. The molecule has 0 spiro atoms. The highest BCUT2D eigenvalue weighted by Gasteiger charge is 2.36. The van der Waals surface area contributed by atoms with Crippen LogP contribution >= 0.6 is 0 Å². The van der Waals surface area contributed by atoms with Gasteiger partial charge in [0.05, 0.1) is 6.07 Å². The molecule has 0 saturated carbocycles. The molecule has 1 aromatic rings. The van der Waals surface area contributed by atoms with Gasteiger partial charge in [-0.2, -0.15) is 5.26 Å². The fourth-order valence-corrected chi connectivity index (χ4v) is 2.51. The molecule has 4 N–H and O–H groups in total. The van der Waals surface area contributed by atoms with Crippen LogP contribution in [0.5, 0.6) is 0 Å². The Kier molecular flexibility index (Phi) is 3.68. The first-order chi connectivity index (χ1) is 9.47. The Hall–Kier alpha value is -2.46. The van der Waals surface area contributed by atoms with E-state index in [0.717, 1.165) is 0 Å². The minimum atomic E-state index is -0.985. The number of hydrogen-bond donors (Lipinski definition) is 2. The van der Waals surface area contributed by atoms with Crippen molar-refractivity contribution in [1.29, 1.82) is 5.26 Å². The summed E-state index contributed by atoms with van der Waals surface area (Å²) in [6, 6.07) is 7.72. The SMILES string of the molecule is N#CC1C(N)=NC([S-])=C(C(N)=O)[C@@H]1c1ccccc1F. The Bertz CT molecular complexity index is 677. The van der Waals surface area contributed by atoms with Gasteiger partial charge in [0.25, 0.3) is 0 Å². The summed E-state index contributed by atoms with van der Waals surface area (Å²) in [5.74, 6) is -3.37. The minimum Gasteiger partial charge on any atom is -0.760 e. The fourth-order valence-electron chi connectivity index (χ4n) is 2.18. The predicted molar refractivity (Wildman–Crippen MR) is 73.5 cm³/mol. The van der Waals surface area contributed by atoms with E-state index < -0.39 is 23.6 Å². The molecule has 1 heterocycles. The lowest BCUT2D eigenvalue weighted by Crippen LogP contribution is -2.36. The van der Waals surface area contributed by atoms with E-state index in [0.29, 0.717) is 0 Å². The highest BCUT2D eigenvalue weighted by atomic mass is 32.1. The molecule has 0 saturated heterocycles. The van der Waals surface area contributed by atoms with E-state index in [4.69, 9.17) is 24.1 Å². The number of nitriles is 1. The first kappa shape index (κ1) is 14.0. The van der Waals surface area contributed by atoms with Crippen molar-refractivity contribution >= 4 is 24.4 Å². The van der Waals surface area contributed by atoms with Crippen LogP contribution in [0.15, 0.2) is 39.9 Å². The summed E-state index contributed by atoms with van der Waals surface area (Å²) in [5.41, 5.74) is 11.0. The third kappa shape index (κ3) is 2.21. The molecule has 20 heavy (non-hydrogen) atoms. The summed E-state index contributed by atoms with van der Waals surface area (Å²) in [5, 5.41) is 9.13. The number of rotatable bonds is 2. The molecule has 0 radical (unpaired) electrons. The van der Waals surface area contributed by atoms with Gasteiger partial charge in [-0.05, 0) is 11.6 Å². The van der Waals surface area contributed by atoms with Crippen molar-refractivity contribution in [3.8, 4) is 6.07 Å². The molecule has 0 bridgehead atoms. The van der Waals surface area contributed by atoms with Crippen LogP contribution in [-0.2, 0) is 17.4 Å². The van der Waals surface area contributed by atoms with Gasteiger partial charge in [-0.25, -0.2) is 4.39 Å². The summed E-state index contributed by atoms with van der Waals surface area (Å²) in [6.45, 7) is 0. The second-order valence-electron chi connectivity index (χ2n) is 4.23. The van der Waals surface area contributed by atoms with Crippen molar-refractivity contribution < 1.29 is 9.18 Å². The van der Waals surface area contributed by atoms with Gasteiger partial charge in [-0.1, -0.05) is 23.2 Å². The normalized spacial score (nSPS) is 22.1. The third-order valence-electron chi connectivity index (χ3n) is 3.07. The second-order valence-corrected chi connectivity index (χ2v) is 4.61. The van der Waals surface area contributed by atoms with E-state index in [1.54, 1.807) is 6.07 Å². The van der Waals surface area contributed by atoms with E-state index in [2.05, 4.69) is 4.99 Å². The van der Waals surface area contributed by atoms with Crippen molar-refractivity contribution in [2.75, 3.05) is 0 Å². The molecule has 2 atom stereocenters. The van der Waals surface area contributed by atoms with Gasteiger partial charge in [0.15, 0.2) is 0 Å². The van der Waals surface area contributed by atoms with Crippen LogP contribution in [0.3, 0.4) is 0 Å². The van der Waals surface area contributed by atoms with Crippen LogP contribution in [0.25, 0.3) is 0 Å². The van der Waals surface area contributed by atoms with Gasteiger partial charge in [0, 0.05) is 11.5 Å². The molecule has 1 unspecified atom stereocenters. The summed E-state index contributed by atoms with van der Waals surface area (Å²) < 4.78 is 14.0. The van der Waals surface area contributed by atoms with Crippen molar-refractivity contribution in [1.82, 2.24) is 0 Å². The second kappa shape index (κ2) is 5.27. The molecule has 102 valence electrons. The molecule has 0 fully saturated rings. The van der Waals surface area contributed by atoms with Crippen molar-refractivity contribution in [2.24, 2.45) is 22.4 Å². The molecule has 1 aliphatic rings. The number of amidine groups is 1. The minimum absolute atomic E-state index is 0.0456. The Morgan fingerprint density at radius 3 is 2.65 bits per heavy atom. The third-order valence-corrected chi connectivity index (χ3v) is 3.38. The standard InChI is InChI=1S/C13H11FN4OS/c14-8-4-2-1-3-6(8)9-7(5-15)11(16)18-13(20)10(9)12(17)19/h1-4,7,9,20H,(H2,16,18)(H2,17,19)/p-1/t7?,9-/m1/s1. The van der Waals surface area contributed by atoms with Crippen LogP contribution in [0.2, 0.25) is 0 Å². The van der Waals surface area contributed by atoms with Gasteiger partial charge in [-0.3, -0.25) is 9.79 Å². The molecule has 2 rings (SSSR count). The zero-order chi connectivity index (χ0) is 14.9. The van der Waals surface area contributed by atoms with Gasteiger partial charge >= 0.3 is 0 Å². The number of halogens is 1. The molecule has 7 heteroatoms. The van der Waals surface area contributed by atoms with Gasteiger partial charge in [0.2, 0.25) is 5.91 Å². The summed E-state index contributed by atoms with van der Waals surface area (Å²) in [7, 11) is 0. The number of aliphatic imine (C=N–C) groups is 1. The molecule has 1 aromatic carbocycles. The smallest absolute Gasteiger partial charge is 0.245 e.